The Morgan fingerprint density at radius 2 is 1.71 bits per heavy atom. The van der Waals surface area contributed by atoms with Gasteiger partial charge in [0.05, 0.1) is 23.4 Å². The van der Waals surface area contributed by atoms with Crippen LogP contribution in [-0.2, 0) is 16.1 Å². The number of aromatic nitrogens is 1. The van der Waals surface area contributed by atoms with E-state index in [-0.39, 0.29) is 24.2 Å². The second kappa shape index (κ2) is 14.3. The van der Waals surface area contributed by atoms with Crippen molar-refractivity contribution >= 4 is 51.1 Å². The van der Waals surface area contributed by atoms with Gasteiger partial charge in [-0.1, -0.05) is 43.0 Å². The van der Waals surface area contributed by atoms with Crippen molar-refractivity contribution in [3.8, 4) is 0 Å². The molecule has 5 rings (SSSR count). The zero-order chi connectivity index (χ0) is 29.2. The quantitative estimate of drug-likeness (QED) is 0.173. The number of pyridine rings is 1. The lowest BCUT2D eigenvalue weighted by Gasteiger charge is -2.32. The van der Waals surface area contributed by atoms with Crippen LogP contribution in [0.5, 0.6) is 0 Å². The number of carbonyl (C=O) groups is 3. The highest BCUT2D eigenvalue weighted by molar-refractivity contribution is 7.12. The van der Waals surface area contributed by atoms with Crippen molar-refractivity contribution in [2.75, 3.05) is 30.3 Å². The zero-order valence-corrected chi connectivity index (χ0v) is 23.5. The Kier molecular flexibility index (Phi) is 10.3. The van der Waals surface area contributed by atoms with E-state index in [1.54, 1.807) is 4.90 Å². The summed E-state index contributed by atoms with van der Waals surface area (Å²) >= 11 is 1.43. The first-order valence-corrected chi connectivity index (χ1v) is 14.2. The van der Waals surface area contributed by atoms with Crippen molar-refractivity contribution in [2.24, 2.45) is 11.5 Å². The molecule has 1 fully saturated rings. The number of carbonyl (C=O) groups excluding carboxylic acids is 3. The number of benzene rings is 2. The monoisotopic (exact) mass is 570 g/mol. The molecular weight excluding hydrogens is 536 g/mol. The number of nitrogens with one attached hydrogen (secondary N) is 2. The number of hydrogen-bond acceptors (Lipinski definition) is 9. The molecule has 1 aliphatic heterocycles. The van der Waals surface area contributed by atoms with E-state index < -0.39 is 11.6 Å². The smallest absolute Gasteiger partial charge is 0.267 e. The Morgan fingerprint density at radius 3 is 2.44 bits per heavy atom. The lowest BCUT2D eigenvalue weighted by molar-refractivity contribution is -0.134. The molecule has 0 radical (unpaired) electrons. The first kappa shape index (κ1) is 29.6. The van der Waals surface area contributed by atoms with Gasteiger partial charge in [-0.3, -0.25) is 19.4 Å². The summed E-state index contributed by atoms with van der Waals surface area (Å²) in [7, 11) is 0. The fourth-order valence-corrected chi connectivity index (χ4v) is 5.17. The second-order valence-electron chi connectivity index (χ2n) is 9.55. The minimum atomic E-state index is -0.588. The number of nitrogens with zero attached hydrogens (tertiary/aromatic N) is 2. The van der Waals surface area contributed by atoms with Gasteiger partial charge in [-0.15, -0.1) is 11.3 Å². The van der Waals surface area contributed by atoms with E-state index >= 15 is 0 Å². The normalized spacial score (nSPS) is 13.2. The molecule has 9 nitrogen and oxygen atoms in total. The summed E-state index contributed by atoms with van der Waals surface area (Å²) in [6.07, 6.45) is 3.46. The van der Waals surface area contributed by atoms with Crippen molar-refractivity contribution in [2.45, 2.75) is 25.4 Å². The van der Waals surface area contributed by atoms with E-state index in [0.717, 1.165) is 40.7 Å². The Hall–Kier alpha value is -4.38. The van der Waals surface area contributed by atoms with E-state index in [2.05, 4.69) is 28.3 Å². The number of allylic oxidation sites excluding steroid dienone is 1. The molecule has 3 heterocycles. The lowest BCUT2D eigenvalue weighted by Crippen LogP contribution is -2.42. The maximum Gasteiger partial charge on any atom is 0.267 e. The van der Waals surface area contributed by atoms with Crippen molar-refractivity contribution in [1.82, 2.24) is 9.88 Å². The summed E-state index contributed by atoms with van der Waals surface area (Å²) in [6, 6.07) is 21.7. The third-order valence-electron chi connectivity index (χ3n) is 6.73. The van der Waals surface area contributed by atoms with Gasteiger partial charge in [0, 0.05) is 42.9 Å². The van der Waals surface area contributed by atoms with Gasteiger partial charge in [-0.05, 0) is 54.1 Å². The van der Waals surface area contributed by atoms with Gasteiger partial charge >= 0.3 is 0 Å². The second-order valence-corrected chi connectivity index (χ2v) is 10.5. The van der Waals surface area contributed by atoms with E-state index in [1.165, 1.54) is 11.3 Å². The highest BCUT2D eigenvalue weighted by Crippen LogP contribution is 2.25. The summed E-state index contributed by atoms with van der Waals surface area (Å²) in [4.78, 5) is 42.0. The molecule has 2 aromatic heterocycles. The van der Waals surface area contributed by atoms with Gasteiger partial charge in [-0.2, -0.15) is 0 Å². The predicted octanol–water partition coefficient (Wildman–Crippen LogP) is 4.18. The van der Waals surface area contributed by atoms with Crippen LogP contribution in [0.3, 0.4) is 0 Å². The molecule has 41 heavy (non-hydrogen) atoms. The standard InChI is InChI=1S/C21H17N3OS.C10H17N3O2/c25-21(24-16-6-2-1-3-7-16)20-19(11-13-26-20)23-14-15-10-12-22-18-9-5-4-8-17(15)18;1-7(10(15)9(14)6-11)13-4-2-8(12)3-5-13/h1-13,23H,14H2,(H,24,25);8H,1-6,11-12H2. The number of ketones is 2. The van der Waals surface area contributed by atoms with Crippen LogP contribution in [0, 0.1) is 0 Å². The SMILES string of the molecule is C=C(C(=O)C(=O)CN)N1CCC(N)CC1.O=C(Nc1ccccc1)c1sccc1NCc1ccnc2ccccc12. The number of nitrogens with two attached hydrogens (primary N) is 2. The molecule has 1 aliphatic rings. The number of amides is 1. The first-order chi connectivity index (χ1) is 19.9. The third kappa shape index (κ3) is 7.85. The molecule has 6 N–H and O–H groups in total. The van der Waals surface area contributed by atoms with Crippen LogP contribution in [0.15, 0.2) is 90.6 Å². The van der Waals surface area contributed by atoms with Crippen LogP contribution in [0.1, 0.15) is 28.1 Å². The molecule has 0 spiro atoms. The largest absolute Gasteiger partial charge is 0.380 e. The fourth-order valence-electron chi connectivity index (χ4n) is 4.40. The van der Waals surface area contributed by atoms with E-state index in [4.69, 9.17) is 11.5 Å². The average molecular weight is 571 g/mol. The average Bonchev–Trinajstić information content (AvgIpc) is 3.49. The number of thiophene rings is 1. The van der Waals surface area contributed by atoms with Gasteiger partial charge in [0.2, 0.25) is 11.6 Å². The maximum atomic E-state index is 12.6. The summed E-state index contributed by atoms with van der Waals surface area (Å²) in [5.41, 5.74) is 14.8. The van der Waals surface area contributed by atoms with Crippen LogP contribution in [0.4, 0.5) is 11.4 Å². The third-order valence-corrected chi connectivity index (χ3v) is 7.65. The van der Waals surface area contributed by atoms with Crippen LogP contribution >= 0.6 is 11.3 Å². The van der Waals surface area contributed by atoms with E-state index in [0.29, 0.717) is 24.5 Å². The van der Waals surface area contributed by atoms with Gasteiger partial charge in [0.25, 0.3) is 5.91 Å². The lowest BCUT2D eigenvalue weighted by atomic mass is 10.0. The number of anilines is 2. The maximum absolute atomic E-state index is 12.6. The highest BCUT2D eigenvalue weighted by Gasteiger charge is 2.24. The summed E-state index contributed by atoms with van der Waals surface area (Å²) < 4.78 is 0. The number of para-hydroxylation sites is 2. The molecule has 1 amide bonds. The number of Topliss-reactive ketones (excluding diaryl/α,β-unsaturated/α-hetero) is 2. The minimum absolute atomic E-state index is 0.103. The Balaban J connectivity index is 0.000000221. The Bertz CT molecular complexity index is 1510. The molecule has 0 saturated carbocycles. The van der Waals surface area contributed by atoms with Crippen LogP contribution in [0.25, 0.3) is 10.9 Å². The molecule has 10 heteroatoms. The number of hydrogen-bond donors (Lipinski definition) is 4. The first-order valence-electron chi connectivity index (χ1n) is 13.3. The van der Waals surface area contributed by atoms with E-state index in [1.807, 2.05) is 72.2 Å². The van der Waals surface area contributed by atoms with Crippen molar-refractivity contribution in [1.29, 1.82) is 0 Å². The fraction of sp³-hybridized carbons (Fsp3) is 0.226. The molecule has 4 aromatic rings. The zero-order valence-electron chi connectivity index (χ0n) is 22.7. The minimum Gasteiger partial charge on any atom is -0.380 e. The van der Waals surface area contributed by atoms with Gasteiger partial charge in [0.15, 0.2) is 0 Å². The molecule has 2 aromatic carbocycles. The molecule has 1 saturated heterocycles. The van der Waals surface area contributed by atoms with Crippen LogP contribution in [0.2, 0.25) is 0 Å². The van der Waals surface area contributed by atoms with Crippen molar-refractivity contribution in [3.05, 3.63) is 101 Å². The van der Waals surface area contributed by atoms with Crippen LogP contribution < -0.4 is 22.1 Å². The molecule has 0 unspecified atom stereocenters. The molecular formula is C31H34N6O3S. The Labute approximate surface area is 243 Å². The molecule has 0 atom stereocenters. The predicted molar refractivity (Wildman–Crippen MR) is 165 cm³/mol. The van der Waals surface area contributed by atoms with Crippen molar-refractivity contribution < 1.29 is 14.4 Å². The number of piperidine rings is 1. The summed E-state index contributed by atoms with van der Waals surface area (Å²) in [6.45, 7) is 5.37. The topological polar surface area (TPSA) is 143 Å². The van der Waals surface area contributed by atoms with Crippen molar-refractivity contribution in [3.63, 3.8) is 0 Å². The summed E-state index contributed by atoms with van der Waals surface area (Å²) in [5, 5.41) is 9.37. The molecule has 0 aliphatic carbocycles. The Morgan fingerprint density at radius 1 is 1.00 bits per heavy atom. The molecule has 0 bridgehead atoms. The number of rotatable bonds is 9. The van der Waals surface area contributed by atoms with Gasteiger partial charge in [0.1, 0.15) is 4.88 Å². The van der Waals surface area contributed by atoms with Crippen LogP contribution in [-0.4, -0.2) is 53.0 Å². The van der Waals surface area contributed by atoms with Gasteiger partial charge in [-0.25, -0.2) is 0 Å². The number of likely N-dealkylation sites (tertiary alicyclic amines) is 1. The summed E-state index contributed by atoms with van der Waals surface area (Å²) in [5.74, 6) is -1.27. The molecule has 212 valence electrons. The number of fused-ring (bicyclic) bond motifs is 1. The highest BCUT2D eigenvalue weighted by atomic mass is 32.1. The van der Waals surface area contributed by atoms with E-state index in [9.17, 15) is 14.4 Å². The van der Waals surface area contributed by atoms with Gasteiger partial charge < -0.3 is 27.0 Å².